The van der Waals surface area contributed by atoms with Gasteiger partial charge >= 0.3 is 0 Å². The molecule has 0 bridgehead atoms. The minimum Gasteiger partial charge on any atom is -0.313 e. The molecule has 2 unspecified atom stereocenters. The minimum atomic E-state index is 0.818. The van der Waals surface area contributed by atoms with Crippen LogP contribution in [0.2, 0.25) is 0 Å². The maximum Gasteiger partial charge on any atom is 0.0797 e. The number of aromatic nitrogens is 1. The van der Waals surface area contributed by atoms with E-state index in [1.165, 1.54) is 29.8 Å². The first kappa shape index (κ1) is 11.1. The van der Waals surface area contributed by atoms with Gasteiger partial charge in [-0.05, 0) is 32.1 Å². The summed E-state index contributed by atoms with van der Waals surface area (Å²) in [5, 5.41) is 3.64. The van der Waals surface area contributed by atoms with Crippen molar-refractivity contribution in [3.8, 4) is 0 Å². The molecule has 0 aromatic carbocycles. The molecule has 1 aromatic heterocycles. The van der Waals surface area contributed by atoms with Crippen molar-refractivity contribution in [2.75, 3.05) is 6.54 Å². The number of nitrogens with zero attached hydrogens (tertiary/aromatic N) is 1. The molecule has 1 aliphatic rings. The maximum absolute atomic E-state index is 4.27. The predicted octanol–water partition coefficient (Wildman–Crippen LogP) is 2.77. The van der Waals surface area contributed by atoms with E-state index in [4.69, 9.17) is 0 Å². The topological polar surface area (TPSA) is 24.9 Å². The summed E-state index contributed by atoms with van der Waals surface area (Å²) in [6, 6.07) is 0.818. The molecule has 1 aliphatic carbocycles. The lowest BCUT2D eigenvalue weighted by Crippen LogP contribution is -2.21. The summed E-state index contributed by atoms with van der Waals surface area (Å²) in [6.45, 7) is 5.49. The molecule has 0 saturated heterocycles. The molecule has 0 aliphatic heterocycles. The number of rotatable bonds is 6. The first-order chi connectivity index (χ1) is 7.31. The van der Waals surface area contributed by atoms with Crippen LogP contribution in [-0.4, -0.2) is 17.6 Å². The smallest absolute Gasteiger partial charge is 0.0797 e. The number of thiazole rings is 1. The molecule has 84 valence electrons. The minimum absolute atomic E-state index is 0.818. The lowest BCUT2D eigenvalue weighted by atomic mass is 10.2. The summed E-state index contributed by atoms with van der Waals surface area (Å²) in [5.41, 5.74) is 3.16. The molecule has 2 nitrogen and oxygen atoms in total. The van der Waals surface area contributed by atoms with Crippen LogP contribution < -0.4 is 5.32 Å². The lowest BCUT2D eigenvalue weighted by Gasteiger charge is -2.02. The van der Waals surface area contributed by atoms with Crippen molar-refractivity contribution in [3.05, 3.63) is 16.1 Å². The molecule has 0 amide bonds. The van der Waals surface area contributed by atoms with Crippen LogP contribution in [0.15, 0.2) is 5.51 Å². The first-order valence-corrected chi connectivity index (χ1v) is 6.81. The molecule has 1 N–H and O–H groups in total. The van der Waals surface area contributed by atoms with Crippen molar-refractivity contribution in [2.45, 2.75) is 45.6 Å². The number of hydrogen-bond donors (Lipinski definition) is 1. The molecule has 1 heterocycles. The zero-order chi connectivity index (χ0) is 10.7. The van der Waals surface area contributed by atoms with Gasteiger partial charge < -0.3 is 5.32 Å². The van der Waals surface area contributed by atoms with Crippen LogP contribution >= 0.6 is 11.3 Å². The first-order valence-electron chi connectivity index (χ1n) is 5.93. The molecule has 0 radical (unpaired) electrons. The van der Waals surface area contributed by atoms with Gasteiger partial charge in [0.05, 0.1) is 11.2 Å². The zero-order valence-corrected chi connectivity index (χ0v) is 10.4. The average molecular weight is 224 g/mol. The largest absolute Gasteiger partial charge is 0.313 e. The van der Waals surface area contributed by atoms with Crippen LogP contribution in [0.5, 0.6) is 0 Å². The highest BCUT2D eigenvalue weighted by molar-refractivity contribution is 7.09. The highest BCUT2D eigenvalue weighted by Crippen LogP contribution is 2.34. The van der Waals surface area contributed by atoms with Crippen molar-refractivity contribution in [1.82, 2.24) is 10.3 Å². The Labute approximate surface area is 96.1 Å². The fourth-order valence-corrected chi connectivity index (χ4v) is 2.91. The van der Waals surface area contributed by atoms with Gasteiger partial charge in [-0.2, -0.15) is 0 Å². The van der Waals surface area contributed by atoms with Gasteiger partial charge in [0.2, 0.25) is 0 Å². The second-order valence-corrected chi connectivity index (χ2v) is 5.40. The highest BCUT2D eigenvalue weighted by Gasteiger charge is 2.34. The summed E-state index contributed by atoms with van der Waals surface area (Å²) in [7, 11) is 0. The van der Waals surface area contributed by atoms with Crippen LogP contribution in [0.3, 0.4) is 0 Å². The Balaban J connectivity index is 1.62. The fraction of sp³-hybridized carbons (Fsp3) is 0.750. The van der Waals surface area contributed by atoms with E-state index < -0.39 is 0 Å². The Morgan fingerprint density at radius 3 is 3.13 bits per heavy atom. The average Bonchev–Trinajstić information content (AvgIpc) is 2.82. The lowest BCUT2D eigenvalue weighted by molar-refractivity contribution is 0.601. The van der Waals surface area contributed by atoms with Gasteiger partial charge in [0.25, 0.3) is 0 Å². The van der Waals surface area contributed by atoms with Crippen molar-refractivity contribution in [2.24, 2.45) is 5.92 Å². The Bertz CT molecular complexity index is 308. The standard InChI is InChI=1S/C12H20N2S/c1-3-4-10-7-11(10)13-6-5-12-9(2)14-8-15-12/h8,10-11,13H,3-7H2,1-2H3. The number of aryl methyl sites for hydroxylation is 1. The zero-order valence-electron chi connectivity index (χ0n) is 9.62. The quantitative estimate of drug-likeness (QED) is 0.803. The van der Waals surface area contributed by atoms with Gasteiger partial charge in [0.1, 0.15) is 0 Å². The predicted molar refractivity (Wildman–Crippen MR) is 65.4 cm³/mol. The van der Waals surface area contributed by atoms with Gasteiger partial charge in [-0.25, -0.2) is 4.98 Å². The van der Waals surface area contributed by atoms with E-state index in [1.807, 2.05) is 5.51 Å². The molecule has 1 fully saturated rings. The van der Waals surface area contributed by atoms with E-state index in [9.17, 15) is 0 Å². The van der Waals surface area contributed by atoms with Crippen molar-refractivity contribution < 1.29 is 0 Å². The van der Waals surface area contributed by atoms with Crippen molar-refractivity contribution >= 4 is 11.3 Å². The molecule has 2 atom stereocenters. The fourth-order valence-electron chi connectivity index (χ4n) is 2.12. The molecule has 1 aromatic rings. The maximum atomic E-state index is 4.27. The third-order valence-electron chi connectivity index (χ3n) is 3.19. The molecule has 0 spiro atoms. The Hall–Kier alpha value is -0.410. The second-order valence-electron chi connectivity index (χ2n) is 4.46. The Morgan fingerprint density at radius 2 is 2.47 bits per heavy atom. The summed E-state index contributed by atoms with van der Waals surface area (Å²) in [5.74, 6) is 0.970. The van der Waals surface area contributed by atoms with Gasteiger partial charge in [-0.3, -0.25) is 0 Å². The summed E-state index contributed by atoms with van der Waals surface area (Å²) < 4.78 is 0. The van der Waals surface area contributed by atoms with Gasteiger partial charge in [0, 0.05) is 17.5 Å². The second kappa shape index (κ2) is 5.08. The molecular weight excluding hydrogens is 204 g/mol. The molecule has 1 saturated carbocycles. The van der Waals surface area contributed by atoms with Gasteiger partial charge in [0.15, 0.2) is 0 Å². The summed E-state index contributed by atoms with van der Waals surface area (Å²) in [6.07, 6.45) is 5.27. The van der Waals surface area contributed by atoms with Crippen molar-refractivity contribution in [3.63, 3.8) is 0 Å². The number of nitrogens with one attached hydrogen (secondary N) is 1. The van der Waals surface area contributed by atoms with Crippen molar-refractivity contribution in [1.29, 1.82) is 0 Å². The Kier molecular flexibility index (Phi) is 3.76. The third kappa shape index (κ3) is 3.02. The van der Waals surface area contributed by atoms with Gasteiger partial charge in [-0.1, -0.05) is 13.3 Å². The van der Waals surface area contributed by atoms with Crippen LogP contribution in [0.4, 0.5) is 0 Å². The third-order valence-corrected chi connectivity index (χ3v) is 4.18. The normalized spacial score (nSPS) is 24.4. The molecular formula is C12H20N2S. The van der Waals surface area contributed by atoms with E-state index >= 15 is 0 Å². The van der Waals surface area contributed by atoms with E-state index in [2.05, 4.69) is 24.1 Å². The van der Waals surface area contributed by atoms with E-state index in [1.54, 1.807) is 11.3 Å². The van der Waals surface area contributed by atoms with Gasteiger partial charge in [-0.15, -0.1) is 11.3 Å². The monoisotopic (exact) mass is 224 g/mol. The number of hydrogen-bond acceptors (Lipinski definition) is 3. The Morgan fingerprint density at radius 1 is 1.60 bits per heavy atom. The summed E-state index contributed by atoms with van der Waals surface area (Å²) in [4.78, 5) is 5.71. The van der Waals surface area contributed by atoms with Crippen LogP contribution in [0, 0.1) is 12.8 Å². The summed E-state index contributed by atoms with van der Waals surface area (Å²) >= 11 is 1.78. The molecule has 2 rings (SSSR count). The molecule has 15 heavy (non-hydrogen) atoms. The van der Waals surface area contributed by atoms with E-state index in [-0.39, 0.29) is 0 Å². The molecule has 3 heteroatoms. The van der Waals surface area contributed by atoms with E-state index in [0.29, 0.717) is 0 Å². The SMILES string of the molecule is CCCC1CC1NCCc1scnc1C. The van der Waals surface area contributed by atoms with E-state index in [0.717, 1.165) is 24.9 Å². The highest BCUT2D eigenvalue weighted by atomic mass is 32.1. The van der Waals surface area contributed by atoms with Crippen LogP contribution in [-0.2, 0) is 6.42 Å². The van der Waals surface area contributed by atoms with Crippen LogP contribution in [0.25, 0.3) is 0 Å². The van der Waals surface area contributed by atoms with Crippen LogP contribution in [0.1, 0.15) is 36.8 Å².